The zero-order valence-corrected chi connectivity index (χ0v) is 20.7. The summed E-state index contributed by atoms with van der Waals surface area (Å²) in [6.07, 6.45) is 0. The van der Waals surface area contributed by atoms with Crippen molar-refractivity contribution in [1.82, 2.24) is 20.4 Å². The van der Waals surface area contributed by atoms with Crippen molar-refractivity contribution in [3.8, 4) is 40.9 Å². The molecular formula is C23H18N4S4. The number of aromatic nitrogens is 4. The second kappa shape index (κ2) is 6.87. The predicted molar refractivity (Wildman–Crippen MR) is 132 cm³/mol. The number of aryl methyl sites for hydroxylation is 2. The van der Waals surface area contributed by atoms with Crippen molar-refractivity contribution in [2.45, 2.75) is 33.1 Å². The summed E-state index contributed by atoms with van der Waals surface area (Å²) in [7, 11) is 0. The van der Waals surface area contributed by atoms with Crippen LogP contribution in [0.5, 0.6) is 0 Å². The van der Waals surface area contributed by atoms with Gasteiger partial charge in [0, 0.05) is 24.9 Å². The summed E-state index contributed by atoms with van der Waals surface area (Å²) in [5, 5.41) is 21.7. The third kappa shape index (κ3) is 2.96. The predicted octanol–water partition coefficient (Wildman–Crippen LogP) is 7.44. The van der Waals surface area contributed by atoms with Crippen molar-refractivity contribution in [3.05, 3.63) is 57.3 Å². The van der Waals surface area contributed by atoms with Gasteiger partial charge in [-0.25, -0.2) is 0 Å². The minimum atomic E-state index is 0.0698. The molecule has 0 amide bonds. The zero-order valence-electron chi connectivity index (χ0n) is 17.4. The molecule has 5 aromatic heterocycles. The highest BCUT2D eigenvalue weighted by Crippen LogP contribution is 2.56. The average molecular weight is 479 g/mol. The monoisotopic (exact) mass is 478 g/mol. The smallest absolute Gasteiger partial charge is 0.143 e. The Morgan fingerprint density at radius 2 is 1.42 bits per heavy atom. The van der Waals surface area contributed by atoms with E-state index in [1.54, 1.807) is 22.7 Å². The molecule has 0 N–H and O–H groups in total. The lowest BCUT2D eigenvalue weighted by atomic mass is 9.84. The second-order valence-electron chi connectivity index (χ2n) is 8.30. The summed E-state index contributed by atoms with van der Waals surface area (Å²) >= 11 is 7.09. The largest absolute Gasteiger partial charge is 0.213 e. The van der Waals surface area contributed by atoms with Crippen LogP contribution in [0.1, 0.15) is 36.1 Å². The Labute approximate surface area is 196 Å². The van der Waals surface area contributed by atoms with Gasteiger partial charge in [-0.05, 0) is 71.1 Å². The minimum Gasteiger partial charge on any atom is -0.143 e. The molecule has 0 atom stereocenters. The van der Waals surface area contributed by atoms with Crippen LogP contribution in [-0.2, 0) is 5.41 Å². The topological polar surface area (TPSA) is 51.6 Å². The van der Waals surface area contributed by atoms with E-state index in [-0.39, 0.29) is 5.41 Å². The fourth-order valence-electron chi connectivity index (χ4n) is 4.07. The lowest BCUT2D eigenvalue weighted by molar-refractivity contribution is 0.663. The molecule has 5 heterocycles. The molecule has 5 aromatic rings. The van der Waals surface area contributed by atoms with E-state index in [0.717, 1.165) is 9.75 Å². The van der Waals surface area contributed by atoms with E-state index in [0.29, 0.717) is 11.6 Å². The van der Waals surface area contributed by atoms with Crippen molar-refractivity contribution < 1.29 is 0 Å². The number of nitrogens with zero attached hydrogens (tertiary/aromatic N) is 4. The molecule has 31 heavy (non-hydrogen) atoms. The minimum absolute atomic E-state index is 0.0698. The van der Waals surface area contributed by atoms with Gasteiger partial charge in [0.15, 0.2) is 0 Å². The Morgan fingerprint density at radius 3 is 2.13 bits per heavy atom. The van der Waals surface area contributed by atoms with Gasteiger partial charge in [-0.2, -0.15) is 0 Å². The first-order valence-electron chi connectivity index (χ1n) is 9.88. The lowest BCUT2D eigenvalue weighted by Gasteiger charge is -2.18. The van der Waals surface area contributed by atoms with Gasteiger partial charge in [0.25, 0.3) is 0 Å². The van der Waals surface area contributed by atoms with Crippen molar-refractivity contribution in [3.63, 3.8) is 0 Å². The van der Waals surface area contributed by atoms with Crippen LogP contribution in [0.3, 0.4) is 0 Å². The normalized spacial score (nSPS) is 14.1. The first kappa shape index (κ1) is 19.4. The molecule has 0 radical (unpaired) electrons. The summed E-state index contributed by atoms with van der Waals surface area (Å²) in [5.41, 5.74) is 5.41. The maximum Gasteiger partial charge on any atom is 0.213 e. The summed E-state index contributed by atoms with van der Waals surface area (Å²) in [6.45, 7) is 8.88. The average Bonchev–Trinajstić information content (AvgIpc) is 3.54. The molecule has 0 bridgehead atoms. The van der Waals surface area contributed by atoms with Crippen LogP contribution in [0, 0.1) is 13.8 Å². The molecule has 8 heteroatoms. The van der Waals surface area contributed by atoms with E-state index in [9.17, 15) is 0 Å². The highest BCUT2D eigenvalue weighted by Gasteiger charge is 2.38. The Balaban J connectivity index is 1.36. The molecule has 0 fully saturated rings. The SMILES string of the molecule is Cc1csc(-c2nnc(-c3cc(C)c(-c4cc5c(s4)-c4sccc4C5(C)C)s3)nn2)c1. The summed E-state index contributed by atoms with van der Waals surface area (Å²) in [4.78, 5) is 7.46. The van der Waals surface area contributed by atoms with E-state index >= 15 is 0 Å². The van der Waals surface area contributed by atoms with Crippen LogP contribution in [0.2, 0.25) is 0 Å². The van der Waals surface area contributed by atoms with Crippen molar-refractivity contribution in [2.75, 3.05) is 0 Å². The standard InChI is InChI=1S/C23H18N4S4/c1-11-7-16(29-10-11)21-24-26-22(27-25-21)17-8-12(2)18(31-17)15-9-14-20(30-15)19-13(5-6-28-19)23(14,3)4/h5-10H,1-4H3. The molecule has 0 saturated heterocycles. The molecule has 154 valence electrons. The molecule has 0 aliphatic heterocycles. The van der Waals surface area contributed by atoms with Crippen molar-refractivity contribution in [2.24, 2.45) is 0 Å². The molecule has 1 aliphatic rings. The first-order valence-corrected chi connectivity index (χ1v) is 13.3. The maximum absolute atomic E-state index is 4.38. The number of fused-ring (bicyclic) bond motifs is 3. The Bertz CT molecular complexity index is 1430. The van der Waals surface area contributed by atoms with E-state index in [2.05, 4.69) is 83.1 Å². The van der Waals surface area contributed by atoms with Crippen LogP contribution in [0.15, 0.2) is 35.0 Å². The molecule has 0 saturated carbocycles. The molecule has 4 nitrogen and oxygen atoms in total. The van der Waals surface area contributed by atoms with Gasteiger partial charge in [-0.3, -0.25) is 0 Å². The molecule has 6 rings (SSSR count). The van der Waals surface area contributed by atoms with Crippen LogP contribution in [0.4, 0.5) is 0 Å². The number of hydrogen-bond donors (Lipinski definition) is 0. The molecule has 0 spiro atoms. The van der Waals surface area contributed by atoms with Gasteiger partial charge < -0.3 is 0 Å². The number of rotatable bonds is 3. The third-order valence-corrected chi connectivity index (χ3v) is 10.4. The lowest BCUT2D eigenvalue weighted by Crippen LogP contribution is -2.13. The Kier molecular flexibility index (Phi) is 4.30. The summed E-state index contributed by atoms with van der Waals surface area (Å²) < 4.78 is 0. The van der Waals surface area contributed by atoms with Gasteiger partial charge in [-0.1, -0.05) is 13.8 Å². The molecule has 0 unspecified atom stereocenters. The van der Waals surface area contributed by atoms with E-state index in [1.807, 2.05) is 22.7 Å². The highest BCUT2D eigenvalue weighted by molar-refractivity contribution is 7.27. The van der Waals surface area contributed by atoms with Gasteiger partial charge in [-0.15, -0.1) is 65.7 Å². The van der Waals surface area contributed by atoms with Crippen LogP contribution in [-0.4, -0.2) is 20.4 Å². The van der Waals surface area contributed by atoms with Gasteiger partial charge in [0.1, 0.15) is 0 Å². The van der Waals surface area contributed by atoms with Crippen LogP contribution in [0.25, 0.3) is 40.9 Å². The summed E-state index contributed by atoms with van der Waals surface area (Å²) in [5.74, 6) is 1.17. The maximum atomic E-state index is 4.38. The number of thiophene rings is 4. The fraction of sp³-hybridized carbons (Fsp3) is 0.217. The van der Waals surface area contributed by atoms with Crippen molar-refractivity contribution >= 4 is 45.3 Å². The van der Waals surface area contributed by atoms with E-state index < -0.39 is 0 Å². The second-order valence-corrected chi connectivity index (χ2v) is 12.2. The van der Waals surface area contributed by atoms with Crippen molar-refractivity contribution in [1.29, 1.82) is 0 Å². The van der Waals surface area contributed by atoms with Crippen LogP contribution < -0.4 is 0 Å². The fourth-order valence-corrected chi connectivity index (χ4v) is 8.70. The third-order valence-electron chi connectivity index (χ3n) is 5.74. The first-order chi connectivity index (χ1) is 14.9. The molecule has 1 aliphatic carbocycles. The number of hydrogen-bond acceptors (Lipinski definition) is 8. The van der Waals surface area contributed by atoms with Gasteiger partial charge >= 0.3 is 0 Å². The summed E-state index contributed by atoms with van der Waals surface area (Å²) in [6, 6.07) is 8.88. The quantitative estimate of drug-likeness (QED) is 0.270. The zero-order chi connectivity index (χ0) is 21.3. The van der Waals surface area contributed by atoms with E-state index in [4.69, 9.17) is 0 Å². The van der Waals surface area contributed by atoms with Gasteiger partial charge in [0.2, 0.25) is 11.6 Å². The highest BCUT2D eigenvalue weighted by atomic mass is 32.1. The van der Waals surface area contributed by atoms with E-state index in [1.165, 1.54) is 41.8 Å². The Morgan fingerprint density at radius 1 is 0.710 bits per heavy atom. The van der Waals surface area contributed by atoms with Gasteiger partial charge in [0.05, 0.1) is 9.75 Å². The van der Waals surface area contributed by atoms with Crippen LogP contribution >= 0.6 is 45.3 Å². The molecule has 0 aromatic carbocycles. The molecular weight excluding hydrogens is 461 g/mol. The Hall–Kier alpha value is -2.26.